The molecule has 1 saturated heterocycles. The molecule has 0 aliphatic carbocycles. The minimum absolute atomic E-state index is 0.0896. The highest BCUT2D eigenvalue weighted by Crippen LogP contribution is 2.31. The van der Waals surface area contributed by atoms with E-state index < -0.39 is 0 Å². The lowest BCUT2D eigenvalue weighted by Crippen LogP contribution is -2.37. The summed E-state index contributed by atoms with van der Waals surface area (Å²) in [4.78, 5) is 43.1. The molecular formula is C29H30N4O5S. The Morgan fingerprint density at radius 3 is 2.72 bits per heavy atom. The van der Waals surface area contributed by atoms with Crippen molar-refractivity contribution < 1.29 is 23.5 Å². The van der Waals surface area contributed by atoms with Crippen LogP contribution in [-0.4, -0.2) is 53.8 Å². The van der Waals surface area contributed by atoms with Crippen molar-refractivity contribution in [2.45, 2.75) is 32.1 Å². The van der Waals surface area contributed by atoms with Crippen LogP contribution in [-0.2, 0) is 4.79 Å². The van der Waals surface area contributed by atoms with Crippen LogP contribution < -0.4 is 15.4 Å². The first-order valence-corrected chi connectivity index (χ1v) is 13.9. The van der Waals surface area contributed by atoms with Gasteiger partial charge in [-0.15, -0.1) is 11.3 Å². The smallest absolute Gasteiger partial charge is 0.289 e. The van der Waals surface area contributed by atoms with E-state index in [1.54, 1.807) is 23.6 Å². The van der Waals surface area contributed by atoms with Crippen LogP contribution in [0.5, 0.6) is 5.75 Å². The lowest BCUT2D eigenvalue weighted by Gasteiger charge is -2.30. The molecule has 5 rings (SSSR count). The molecule has 1 aliphatic heterocycles. The molecular weight excluding hydrogens is 516 g/mol. The standard InChI is InChI=1S/C29H30N4O5S/c1-19(34)31-22-7-4-8-23(17-22)37-15-5-12-30-27(35)24-18-39-28(32-24)20-10-13-33(14-11-20)29(36)26-16-21-6-2-3-9-25(21)38-26/h2-4,6-9,16-18,20H,5,10-15H2,1H3,(H,30,35)(H,31,34). The average Bonchev–Trinajstić information content (AvgIpc) is 3.60. The number of benzene rings is 2. The molecule has 2 aromatic heterocycles. The highest BCUT2D eigenvalue weighted by Gasteiger charge is 2.28. The zero-order chi connectivity index (χ0) is 27.2. The predicted octanol–water partition coefficient (Wildman–Crippen LogP) is 5.07. The fraction of sp³-hybridized carbons (Fsp3) is 0.310. The van der Waals surface area contributed by atoms with Crippen LogP contribution in [0.25, 0.3) is 11.0 Å². The number of para-hydroxylation sites is 1. The van der Waals surface area contributed by atoms with Gasteiger partial charge in [-0.1, -0.05) is 24.3 Å². The van der Waals surface area contributed by atoms with Gasteiger partial charge in [0.15, 0.2) is 5.76 Å². The van der Waals surface area contributed by atoms with E-state index in [1.807, 2.05) is 41.3 Å². The number of ether oxygens (including phenoxy) is 1. The van der Waals surface area contributed by atoms with Gasteiger partial charge in [0.25, 0.3) is 11.8 Å². The lowest BCUT2D eigenvalue weighted by molar-refractivity contribution is -0.114. The topological polar surface area (TPSA) is 114 Å². The zero-order valence-electron chi connectivity index (χ0n) is 21.6. The van der Waals surface area contributed by atoms with Crippen molar-refractivity contribution in [1.29, 1.82) is 0 Å². The number of nitrogens with one attached hydrogen (secondary N) is 2. The molecule has 3 heterocycles. The van der Waals surface area contributed by atoms with Gasteiger partial charge in [-0.05, 0) is 43.5 Å². The maximum atomic E-state index is 12.9. The second-order valence-electron chi connectivity index (χ2n) is 9.45. The second-order valence-corrected chi connectivity index (χ2v) is 10.3. The number of hydrogen-bond donors (Lipinski definition) is 2. The molecule has 1 aliphatic rings. The highest BCUT2D eigenvalue weighted by atomic mass is 32.1. The number of anilines is 1. The number of hydrogen-bond acceptors (Lipinski definition) is 7. The first-order chi connectivity index (χ1) is 19.0. The Morgan fingerprint density at radius 1 is 1.10 bits per heavy atom. The molecule has 4 aromatic rings. The molecule has 0 atom stereocenters. The van der Waals surface area contributed by atoms with Crippen LogP contribution in [0.4, 0.5) is 5.69 Å². The Hall–Kier alpha value is -4.18. The number of nitrogens with zero attached hydrogens (tertiary/aromatic N) is 2. The SMILES string of the molecule is CC(=O)Nc1cccc(OCCCNC(=O)c2csc(C3CCN(C(=O)c4cc5ccccc5o4)CC3)n2)c1. The summed E-state index contributed by atoms with van der Waals surface area (Å²) in [7, 11) is 0. The number of thiazole rings is 1. The molecule has 10 heteroatoms. The molecule has 1 fully saturated rings. The zero-order valence-corrected chi connectivity index (χ0v) is 22.5. The molecule has 0 radical (unpaired) electrons. The van der Waals surface area contributed by atoms with Crippen molar-refractivity contribution in [3.8, 4) is 5.75 Å². The quantitative estimate of drug-likeness (QED) is 0.284. The maximum Gasteiger partial charge on any atom is 0.289 e. The third-order valence-corrected chi connectivity index (χ3v) is 7.56. The number of aromatic nitrogens is 1. The van der Waals surface area contributed by atoms with Crippen molar-refractivity contribution >= 4 is 45.7 Å². The number of carbonyl (C=O) groups is 3. The van der Waals surface area contributed by atoms with Crippen molar-refractivity contribution in [3.05, 3.63) is 76.4 Å². The first-order valence-electron chi connectivity index (χ1n) is 13.0. The fourth-order valence-electron chi connectivity index (χ4n) is 4.57. The van der Waals surface area contributed by atoms with Crippen molar-refractivity contribution in [2.24, 2.45) is 0 Å². The van der Waals surface area contributed by atoms with Crippen LogP contribution in [0.2, 0.25) is 0 Å². The molecule has 0 bridgehead atoms. The molecule has 9 nitrogen and oxygen atoms in total. The number of carbonyl (C=O) groups excluding carboxylic acids is 3. The summed E-state index contributed by atoms with van der Waals surface area (Å²) in [5, 5.41) is 9.26. The van der Waals surface area contributed by atoms with Crippen LogP contribution in [0.3, 0.4) is 0 Å². The molecule has 0 saturated carbocycles. The van der Waals surface area contributed by atoms with Gasteiger partial charge in [-0.2, -0.15) is 0 Å². The van der Waals surface area contributed by atoms with Crippen molar-refractivity contribution in [3.63, 3.8) is 0 Å². The summed E-state index contributed by atoms with van der Waals surface area (Å²) in [5.74, 6) is 0.808. The largest absolute Gasteiger partial charge is 0.493 e. The van der Waals surface area contributed by atoms with E-state index in [2.05, 4.69) is 15.6 Å². The summed E-state index contributed by atoms with van der Waals surface area (Å²) >= 11 is 1.49. The first kappa shape index (κ1) is 26.4. The van der Waals surface area contributed by atoms with Crippen molar-refractivity contribution in [1.82, 2.24) is 15.2 Å². The van der Waals surface area contributed by atoms with Gasteiger partial charge in [-0.3, -0.25) is 14.4 Å². The molecule has 202 valence electrons. The number of furan rings is 1. The van der Waals surface area contributed by atoms with E-state index in [9.17, 15) is 14.4 Å². The van der Waals surface area contributed by atoms with Crippen molar-refractivity contribution in [2.75, 3.05) is 31.6 Å². The van der Waals surface area contributed by atoms with Gasteiger partial charge >= 0.3 is 0 Å². The summed E-state index contributed by atoms with van der Waals surface area (Å²) < 4.78 is 11.5. The number of amides is 3. The minimum Gasteiger partial charge on any atom is -0.493 e. The lowest BCUT2D eigenvalue weighted by atomic mass is 9.97. The Bertz CT molecular complexity index is 1440. The molecule has 39 heavy (non-hydrogen) atoms. The third kappa shape index (κ3) is 6.64. The monoisotopic (exact) mass is 546 g/mol. The highest BCUT2D eigenvalue weighted by molar-refractivity contribution is 7.09. The van der Waals surface area contributed by atoms with E-state index in [-0.39, 0.29) is 23.6 Å². The van der Waals surface area contributed by atoms with Gasteiger partial charge in [0.05, 0.1) is 11.6 Å². The van der Waals surface area contributed by atoms with Gasteiger partial charge in [-0.25, -0.2) is 4.98 Å². The van der Waals surface area contributed by atoms with Gasteiger partial charge in [0, 0.05) is 55.0 Å². The Morgan fingerprint density at radius 2 is 1.92 bits per heavy atom. The summed E-state index contributed by atoms with van der Waals surface area (Å²) in [6, 6.07) is 16.6. The Balaban J connectivity index is 1.04. The molecule has 0 unspecified atom stereocenters. The average molecular weight is 547 g/mol. The van der Waals surface area contributed by atoms with Gasteiger partial charge in [0.2, 0.25) is 5.91 Å². The van der Waals surface area contributed by atoms with E-state index >= 15 is 0 Å². The van der Waals surface area contributed by atoms with Gasteiger partial charge < -0.3 is 24.7 Å². The maximum absolute atomic E-state index is 12.9. The Kier molecular flexibility index (Phi) is 8.21. The fourth-order valence-corrected chi connectivity index (χ4v) is 5.54. The van der Waals surface area contributed by atoms with Crippen LogP contribution >= 0.6 is 11.3 Å². The van der Waals surface area contributed by atoms with Crippen LogP contribution in [0.1, 0.15) is 58.2 Å². The molecule has 0 spiro atoms. The van der Waals surface area contributed by atoms with Crippen LogP contribution in [0, 0.1) is 0 Å². The van der Waals surface area contributed by atoms with E-state index in [1.165, 1.54) is 18.3 Å². The predicted molar refractivity (Wildman–Crippen MR) is 149 cm³/mol. The number of fused-ring (bicyclic) bond motifs is 1. The number of piperidine rings is 1. The van der Waals surface area contributed by atoms with E-state index in [0.717, 1.165) is 23.2 Å². The molecule has 3 amide bonds. The van der Waals surface area contributed by atoms with E-state index in [4.69, 9.17) is 9.15 Å². The van der Waals surface area contributed by atoms with Gasteiger partial charge in [0.1, 0.15) is 17.0 Å². The Labute approximate surface area is 230 Å². The minimum atomic E-state index is -0.206. The second kappa shape index (κ2) is 12.1. The summed E-state index contributed by atoms with van der Waals surface area (Å²) in [6.07, 6.45) is 2.22. The van der Waals surface area contributed by atoms with E-state index in [0.29, 0.717) is 61.1 Å². The molecule has 2 aromatic carbocycles. The number of likely N-dealkylation sites (tertiary alicyclic amines) is 1. The molecule has 2 N–H and O–H groups in total. The summed E-state index contributed by atoms with van der Waals surface area (Å²) in [5.41, 5.74) is 1.81. The third-order valence-electron chi connectivity index (χ3n) is 6.55. The summed E-state index contributed by atoms with van der Waals surface area (Å²) in [6.45, 7) is 3.58. The van der Waals surface area contributed by atoms with Crippen LogP contribution in [0.15, 0.2) is 64.4 Å². The normalized spacial score (nSPS) is 13.8. The number of rotatable bonds is 9.